The summed E-state index contributed by atoms with van der Waals surface area (Å²) in [5.41, 5.74) is 6.45. The number of ether oxygens (including phenoxy) is 2. The lowest BCUT2D eigenvalue weighted by Gasteiger charge is -2.12. The van der Waals surface area contributed by atoms with Crippen LogP contribution in [-0.2, 0) is 11.3 Å². The monoisotopic (exact) mass is 288 g/mol. The molecule has 1 atom stereocenters. The summed E-state index contributed by atoms with van der Waals surface area (Å²) in [5, 5.41) is 2.80. The third-order valence-corrected chi connectivity index (χ3v) is 2.48. The maximum Gasteiger partial charge on any atom is 0.221 e. The first-order valence-corrected chi connectivity index (χ1v) is 5.80. The lowest BCUT2D eigenvalue weighted by atomic mass is 10.1. The first-order chi connectivity index (χ1) is 8.56. The summed E-state index contributed by atoms with van der Waals surface area (Å²) >= 11 is 0. The van der Waals surface area contributed by atoms with Crippen molar-refractivity contribution in [3.05, 3.63) is 23.8 Å². The second-order valence-electron chi connectivity index (χ2n) is 4.14. The van der Waals surface area contributed by atoms with Crippen molar-refractivity contribution in [1.82, 2.24) is 5.32 Å². The normalized spacial score (nSPS) is 11.2. The van der Waals surface area contributed by atoms with Gasteiger partial charge in [-0.3, -0.25) is 4.79 Å². The fraction of sp³-hybridized carbons (Fsp3) is 0.462. The predicted molar refractivity (Wildman–Crippen MR) is 76.9 cm³/mol. The molecule has 0 aromatic heterocycles. The minimum Gasteiger partial charge on any atom is -0.497 e. The molecule has 0 aliphatic rings. The molecule has 1 unspecified atom stereocenters. The molecule has 0 saturated heterocycles. The molecule has 0 heterocycles. The van der Waals surface area contributed by atoms with Gasteiger partial charge in [0, 0.05) is 30.6 Å². The van der Waals surface area contributed by atoms with Crippen LogP contribution in [0.5, 0.6) is 11.5 Å². The summed E-state index contributed by atoms with van der Waals surface area (Å²) < 4.78 is 10.4. The molecule has 0 fully saturated rings. The highest BCUT2D eigenvalue weighted by atomic mass is 35.5. The number of methoxy groups -OCH3 is 2. The lowest BCUT2D eigenvalue weighted by molar-refractivity contribution is -0.121. The topological polar surface area (TPSA) is 73.6 Å². The van der Waals surface area contributed by atoms with E-state index in [9.17, 15) is 4.79 Å². The van der Waals surface area contributed by atoms with Gasteiger partial charge < -0.3 is 20.5 Å². The van der Waals surface area contributed by atoms with Gasteiger partial charge in [-0.25, -0.2) is 0 Å². The highest BCUT2D eigenvalue weighted by Gasteiger charge is 2.08. The molecule has 108 valence electrons. The fourth-order valence-electron chi connectivity index (χ4n) is 1.56. The highest BCUT2D eigenvalue weighted by molar-refractivity contribution is 5.85. The van der Waals surface area contributed by atoms with E-state index in [2.05, 4.69) is 5.32 Å². The molecular formula is C13H21ClN2O3. The lowest BCUT2D eigenvalue weighted by Crippen LogP contribution is -2.29. The Labute approximate surface area is 119 Å². The number of carbonyl (C=O) groups is 1. The van der Waals surface area contributed by atoms with Gasteiger partial charge in [0.1, 0.15) is 11.5 Å². The standard InChI is InChI=1S/C13H20N2O3.ClH/c1-9(14)6-13(16)15-8-10-4-5-11(17-2)7-12(10)18-3;/h4-5,7,9H,6,8,14H2,1-3H3,(H,15,16);1H. The maximum absolute atomic E-state index is 11.5. The van der Waals surface area contributed by atoms with E-state index in [-0.39, 0.29) is 24.4 Å². The number of nitrogens with two attached hydrogens (primary N) is 1. The maximum atomic E-state index is 11.5. The smallest absolute Gasteiger partial charge is 0.221 e. The zero-order valence-electron chi connectivity index (χ0n) is 11.4. The second kappa shape index (κ2) is 8.61. The van der Waals surface area contributed by atoms with Gasteiger partial charge in [-0.05, 0) is 19.1 Å². The van der Waals surface area contributed by atoms with Crippen molar-refractivity contribution in [3.8, 4) is 11.5 Å². The number of nitrogens with one attached hydrogen (secondary N) is 1. The molecular weight excluding hydrogens is 268 g/mol. The minimum absolute atomic E-state index is 0. The number of benzene rings is 1. The molecule has 5 nitrogen and oxygen atoms in total. The molecule has 0 aliphatic heterocycles. The van der Waals surface area contributed by atoms with E-state index in [1.807, 2.05) is 12.1 Å². The minimum atomic E-state index is -0.136. The van der Waals surface area contributed by atoms with Crippen LogP contribution >= 0.6 is 12.4 Å². The second-order valence-corrected chi connectivity index (χ2v) is 4.14. The molecule has 3 N–H and O–H groups in total. The Kier molecular flexibility index (Phi) is 7.95. The van der Waals surface area contributed by atoms with E-state index in [0.29, 0.717) is 18.7 Å². The summed E-state index contributed by atoms with van der Waals surface area (Å²) in [4.78, 5) is 11.5. The molecule has 19 heavy (non-hydrogen) atoms. The van der Waals surface area contributed by atoms with Crippen molar-refractivity contribution >= 4 is 18.3 Å². The Balaban J connectivity index is 0.00000324. The average Bonchev–Trinajstić information content (AvgIpc) is 2.35. The van der Waals surface area contributed by atoms with Crippen LogP contribution in [0.4, 0.5) is 0 Å². The number of amides is 1. The summed E-state index contributed by atoms with van der Waals surface area (Å²) in [6.07, 6.45) is 0.318. The van der Waals surface area contributed by atoms with Crippen molar-refractivity contribution in [1.29, 1.82) is 0 Å². The van der Waals surface area contributed by atoms with Crippen molar-refractivity contribution in [2.75, 3.05) is 14.2 Å². The largest absolute Gasteiger partial charge is 0.497 e. The van der Waals surface area contributed by atoms with Crippen molar-refractivity contribution in [2.24, 2.45) is 5.73 Å². The van der Waals surface area contributed by atoms with Crippen LogP contribution in [0, 0.1) is 0 Å². The molecule has 0 bridgehead atoms. The van der Waals surface area contributed by atoms with E-state index in [1.165, 1.54) is 0 Å². The molecule has 0 saturated carbocycles. The fourth-order valence-corrected chi connectivity index (χ4v) is 1.56. The van der Waals surface area contributed by atoms with Gasteiger partial charge >= 0.3 is 0 Å². The molecule has 0 aliphatic carbocycles. The third kappa shape index (κ3) is 5.81. The van der Waals surface area contributed by atoms with Gasteiger partial charge in [-0.2, -0.15) is 0 Å². The summed E-state index contributed by atoms with van der Waals surface area (Å²) in [7, 11) is 3.18. The molecule has 0 spiro atoms. The van der Waals surface area contributed by atoms with Gasteiger partial charge in [0.05, 0.1) is 14.2 Å². The van der Waals surface area contributed by atoms with E-state index >= 15 is 0 Å². The number of halogens is 1. The van der Waals surface area contributed by atoms with Gasteiger partial charge in [0.25, 0.3) is 0 Å². The van der Waals surface area contributed by atoms with Gasteiger partial charge in [0.15, 0.2) is 0 Å². The van der Waals surface area contributed by atoms with Crippen LogP contribution in [0.1, 0.15) is 18.9 Å². The van der Waals surface area contributed by atoms with E-state index < -0.39 is 0 Å². The van der Waals surface area contributed by atoms with E-state index in [1.54, 1.807) is 27.2 Å². The van der Waals surface area contributed by atoms with Crippen LogP contribution in [0.25, 0.3) is 0 Å². The van der Waals surface area contributed by atoms with Crippen molar-refractivity contribution in [2.45, 2.75) is 25.9 Å². The summed E-state index contributed by atoms with van der Waals surface area (Å²) in [6, 6.07) is 5.34. The number of carbonyl (C=O) groups excluding carboxylic acids is 1. The molecule has 6 heteroatoms. The summed E-state index contributed by atoms with van der Waals surface area (Å²) in [5.74, 6) is 1.34. The van der Waals surface area contributed by atoms with Gasteiger partial charge in [-0.1, -0.05) is 0 Å². The van der Waals surface area contributed by atoms with Gasteiger partial charge in [0.2, 0.25) is 5.91 Å². The average molecular weight is 289 g/mol. The zero-order valence-corrected chi connectivity index (χ0v) is 12.3. The highest BCUT2D eigenvalue weighted by Crippen LogP contribution is 2.24. The number of hydrogen-bond acceptors (Lipinski definition) is 4. The van der Waals surface area contributed by atoms with Crippen LogP contribution in [-0.4, -0.2) is 26.2 Å². The number of hydrogen-bond donors (Lipinski definition) is 2. The zero-order chi connectivity index (χ0) is 13.5. The number of rotatable bonds is 6. The van der Waals surface area contributed by atoms with Crippen LogP contribution in [0.3, 0.4) is 0 Å². The SMILES string of the molecule is COc1ccc(CNC(=O)CC(C)N)c(OC)c1.Cl. The molecule has 1 amide bonds. The Morgan fingerprint density at radius 1 is 1.37 bits per heavy atom. The van der Waals surface area contributed by atoms with E-state index in [0.717, 1.165) is 11.3 Å². The van der Waals surface area contributed by atoms with Crippen molar-refractivity contribution in [3.63, 3.8) is 0 Å². The molecule has 0 radical (unpaired) electrons. The third-order valence-electron chi connectivity index (χ3n) is 2.48. The van der Waals surface area contributed by atoms with Crippen LogP contribution in [0.15, 0.2) is 18.2 Å². The molecule has 1 aromatic rings. The van der Waals surface area contributed by atoms with Crippen LogP contribution < -0.4 is 20.5 Å². The Bertz CT molecular complexity index is 411. The van der Waals surface area contributed by atoms with Crippen LogP contribution in [0.2, 0.25) is 0 Å². The first-order valence-electron chi connectivity index (χ1n) is 5.80. The van der Waals surface area contributed by atoms with Gasteiger partial charge in [-0.15, -0.1) is 12.4 Å². The Morgan fingerprint density at radius 2 is 2.05 bits per heavy atom. The predicted octanol–water partition coefficient (Wildman–Crippen LogP) is 1.48. The molecule has 1 aromatic carbocycles. The van der Waals surface area contributed by atoms with Crippen molar-refractivity contribution < 1.29 is 14.3 Å². The van der Waals surface area contributed by atoms with E-state index in [4.69, 9.17) is 15.2 Å². The quantitative estimate of drug-likeness (QED) is 0.831. The molecule has 1 rings (SSSR count). The Hall–Kier alpha value is -1.46. The first kappa shape index (κ1) is 17.5. The summed E-state index contributed by atoms with van der Waals surface area (Å²) in [6.45, 7) is 2.21. The Morgan fingerprint density at radius 3 is 2.58 bits per heavy atom.